The Kier molecular flexibility index (Phi) is 5.15. The first-order valence-electron chi connectivity index (χ1n) is 6.35. The third-order valence-corrected chi connectivity index (χ3v) is 3.46. The van der Waals surface area contributed by atoms with Crippen molar-refractivity contribution in [3.63, 3.8) is 0 Å². The number of aliphatic hydroxyl groups excluding tert-OH is 1. The van der Waals surface area contributed by atoms with Crippen LogP contribution in [0, 0.1) is 0 Å². The standard InChI is InChI=1S/C14H16ClN3O2/c15-13-12(9-17-18-14(13)20)16-8-11(6-7-19)10-4-2-1-3-5-10/h1-5,9,11,19H,6-8H2,(H2,16,18,20). The smallest absolute Gasteiger partial charge is 0.285 e. The van der Waals surface area contributed by atoms with Crippen molar-refractivity contribution in [3.8, 4) is 0 Å². The Morgan fingerprint density at radius 3 is 2.80 bits per heavy atom. The Balaban J connectivity index is 2.10. The number of anilines is 1. The average molecular weight is 294 g/mol. The molecular formula is C14H16ClN3O2. The fourth-order valence-electron chi connectivity index (χ4n) is 2.01. The molecule has 0 aliphatic heterocycles. The van der Waals surface area contributed by atoms with Crippen molar-refractivity contribution in [1.82, 2.24) is 10.2 Å². The SMILES string of the molecule is O=c1[nH]ncc(NCC(CCO)c2ccccc2)c1Cl. The van der Waals surface area contributed by atoms with E-state index in [0.29, 0.717) is 18.7 Å². The minimum absolute atomic E-state index is 0.0933. The molecule has 2 rings (SSSR count). The predicted octanol–water partition coefficient (Wildman–Crippen LogP) is 2.00. The highest BCUT2D eigenvalue weighted by Crippen LogP contribution is 2.21. The largest absolute Gasteiger partial charge is 0.396 e. The van der Waals surface area contributed by atoms with E-state index in [1.807, 2.05) is 30.3 Å². The van der Waals surface area contributed by atoms with Crippen LogP contribution in [0.15, 0.2) is 41.3 Å². The average Bonchev–Trinajstić information content (AvgIpc) is 2.48. The Morgan fingerprint density at radius 1 is 1.35 bits per heavy atom. The van der Waals surface area contributed by atoms with Crippen LogP contribution < -0.4 is 10.9 Å². The van der Waals surface area contributed by atoms with Crippen LogP contribution in [0.5, 0.6) is 0 Å². The third kappa shape index (κ3) is 3.59. The van der Waals surface area contributed by atoms with Crippen molar-refractivity contribution < 1.29 is 5.11 Å². The van der Waals surface area contributed by atoms with Crippen LogP contribution in [0.1, 0.15) is 17.9 Å². The minimum atomic E-state index is -0.421. The number of halogens is 1. The van der Waals surface area contributed by atoms with Crippen LogP contribution in [0.4, 0.5) is 5.69 Å². The van der Waals surface area contributed by atoms with Crippen LogP contribution in [-0.2, 0) is 0 Å². The van der Waals surface area contributed by atoms with Crippen LogP contribution in [0.3, 0.4) is 0 Å². The molecule has 0 spiro atoms. The third-order valence-electron chi connectivity index (χ3n) is 3.08. The number of nitrogens with one attached hydrogen (secondary N) is 2. The number of hydrogen-bond donors (Lipinski definition) is 3. The highest BCUT2D eigenvalue weighted by Gasteiger charge is 2.12. The fourth-order valence-corrected chi connectivity index (χ4v) is 2.17. The van der Waals surface area contributed by atoms with E-state index in [1.165, 1.54) is 6.20 Å². The molecule has 3 N–H and O–H groups in total. The topological polar surface area (TPSA) is 78.0 Å². The number of hydrogen-bond acceptors (Lipinski definition) is 4. The number of aromatic nitrogens is 2. The van der Waals surface area contributed by atoms with Gasteiger partial charge in [0, 0.05) is 19.1 Å². The maximum absolute atomic E-state index is 11.4. The Morgan fingerprint density at radius 2 is 2.10 bits per heavy atom. The number of rotatable bonds is 6. The van der Waals surface area contributed by atoms with Gasteiger partial charge in [-0.25, -0.2) is 5.10 Å². The van der Waals surface area contributed by atoms with Crippen LogP contribution >= 0.6 is 11.6 Å². The van der Waals surface area contributed by atoms with Gasteiger partial charge in [-0.05, 0) is 12.0 Å². The zero-order chi connectivity index (χ0) is 14.4. The lowest BCUT2D eigenvalue weighted by Gasteiger charge is -2.18. The molecule has 0 bridgehead atoms. The second-order valence-corrected chi connectivity index (χ2v) is 4.81. The summed E-state index contributed by atoms with van der Waals surface area (Å²) >= 11 is 5.90. The number of H-pyrrole nitrogens is 1. The molecule has 0 aliphatic rings. The lowest BCUT2D eigenvalue weighted by molar-refractivity contribution is 0.277. The van der Waals surface area contributed by atoms with Crippen LogP contribution in [0.25, 0.3) is 0 Å². The molecule has 5 nitrogen and oxygen atoms in total. The van der Waals surface area contributed by atoms with Crippen molar-refractivity contribution >= 4 is 17.3 Å². The van der Waals surface area contributed by atoms with Gasteiger partial charge < -0.3 is 10.4 Å². The van der Waals surface area contributed by atoms with E-state index < -0.39 is 5.56 Å². The van der Waals surface area contributed by atoms with E-state index in [2.05, 4.69) is 15.5 Å². The lowest BCUT2D eigenvalue weighted by atomic mass is 9.96. The van der Waals surface area contributed by atoms with Gasteiger partial charge in [-0.1, -0.05) is 41.9 Å². The van der Waals surface area contributed by atoms with Gasteiger partial charge >= 0.3 is 0 Å². The number of aromatic amines is 1. The molecule has 0 saturated heterocycles. The number of benzene rings is 1. The Labute approximate surface area is 121 Å². The first kappa shape index (κ1) is 14.6. The summed E-state index contributed by atoms with van der Waals surface area (Å²) in [5.74, 6) is 0.136. The fraction of sp³-hybridized carbons (Fsp3) is 0.286. The minimum Gasteiger partial charge on any atom is -0.396 e. The summed E-state index contributed by atoms with van der Waals surface area (Å²) in [6.45, 7) is 0.665. The Hall–Kier alpha value is -1.85. The van der Waals surface area contributed by atoms with Gasteiger partial charge in [0.1, 0.15) is 5.02 Å². The van der Waals surface area contributed by atoms with Gasteiger partial charge in [-0.15, -0.1) is 0 Å². The van der Waals surface area contributed by atoms with Gasteiger partial charge in [0.25, 0.3) is 5.56 Å². The second-order valence-electron chi connectivity index (χ2n) is 4.43. The molecule has 0 amide bonds. The molecule has 106 valence electrons. The van der Waals surface area contributed by atoms with Crippen molar-refractivity contribution in [1.29, 1.82) is 0 Å². The summed E-state index contributed by atoms with van der Waals surface area (Å²) in [6, 6.07) is 9.90. The molecule has 2 aromatic rings. The summed E-state index contributed by atoms with van der Waals surface area (Å²) < 4.78 is 0. The van der Waals surface area contributed by atoms with Gasteiger partial charge in [-0.3, -0.25) is 4.79 Å². The maximum Gasteiger partial charge on any atom is 0.285 e. The second kappa shape index (κ2) is 7.07. The van der Waals surface area contributed by atoms with E-state index in [9.17, 15) is 9.90 Å². The molecule has 0 aliphatic carbocycles. The summed E-state index contributed by atoms with van der Waals surface area (Å²) in [5, 5.41) is 18.4. The van der Waals surface area contributed by atoms with E-state index >= 15 is 0 Å². The summed E-state index contributed by atoms with van der Waals surface area (Å²) in [4.78, 5) is 11.4. The van der Waals surface area contributed by atoms with Crippen molar-refractivity contribution in [2.45, 2.75) is 12.3 Å². The normalized spacial score (nSPS) is 12.1. The molecule has 1 unspecified atom stereocenters. The maximum atomic E-state index is 11.4. The molecule has 1 heterocycles. The summed E-state index contributed by atoms with van der Waals surface area (Å²) in [7, 11) is 0. The number of nitrogens with zero attached hydrogens (tertiary/aromatic N) is 1. The molecular weight excluding hydrogens is 278 g/mol. The van der Waals surface area contributed by atoms with Gasteiger partial charge in [0.15, 0.2) is 0 Å². The van der Waals surface area contributed by atoms with E-state index in [4.69, 9.17) is 11.6 Å². The summed E-state index contributed by atoms with van der Waals surface area (Å²) in [6.07, 6.45) is 2.11. The van der Waals surface area contributed by atoms with E-state index in [1.54, 1.807) is 0 Å². The zero-order valence-electron chi connectivity index (χ0n) is 10.8. The van der Waals surface area contributed by atoms with Gasteiger partial charge in [0.05, 0.1) is 11.9 Å². The molecule has 0 saturated carbocycles. The molecule has 0 radical (unpaired) electrons. The molecule has 0 fully saturated rings. The van der Waals surface area contributed by atoms with Crippen molar-refractivity contribution in [3.05, 3.63) is 57.5 Å². The molecule has 1 aromatic heterocycles. The van der Waals surface area contributed by atoms with Crippen LogP contribution in [-0.4, -0.2) is 28.5 Å². The first-order valence-corrected chi connectivity index (χ1v) is 6.73. The monoisotopic (exact) mass is 293 g/mol. The lowest BCUT2D eigenvalue weighted by Crippen LogP contribution is -2.17. The van der Waals surface area contributed by atoms with E-state index in [0.717, 1.165) is 5.56 Å². The van der Waals surface area contributed by atoms with Gasteiger partial charge in [-0.2, -0.15) is 5.10 Å². The molecule has 1 atom stereocenters. The molecule has 6 heteroatoms. The predicted molar refractivity (Wildman–Crippen MR) is 79.2 cm³/mol. The molecule has 1 aromatic carbocycles. The quantitative estimate of drug-likeness (QED) is 0.761. The Bertz CT molecular complexity index is 601. The van der Waals surface area contributed by atoms with Gasteiger partial charge in [0.2, 0.25) is 0 Å². The highest BCUT2D eigenvalue weighted by molar-refractivity contribution is 6.32. The first-order chi connectivity index (χ1) is 9.72. The van der Waals surface area contributed by atoms with Crippen molar-refractivity contribution in [2.75, 3.05) is 18.5 Å². The highest BCUT2D eigenvalue weighted by atomic mass is 35.5. The van der Waals surface area contributed by atoms with Crippen LogP contribution in [0.2, 0.25) is 5.02 Å². The zero-order valence-corrected chi connectivity index (χ0v) is 11.6. The number of aliphatic hydroxyl groups is 1. The summed E-state index contributed by atoms with van der Waals surface area (Å²) in [5.41, 5.74) is 1.20. The van der Waals surface area contributed by atoms with Crippen molar-refractivity contribution in [2.24, 2.45) is 0 Å². The molecule has 20 heavy (non-hydrogen) atoms. The van der Waals surface area contributed by atoms with E-state index in [-0.39, 0.29) is 17.5 Å².